The number of thiocarbonyl (C=S) groups is 1. The fraction of sp³-hybridized carbons (Fsp3) is 0.222. The van der Waals surface area contributed by atoms with Crippen LogP contribution in [-0.4, -0.2) is 10.7 Å². The van der Waals surface area contributed by atoms with Crippen molar-refractivity contribution < 1.29 is 0 Å². The highest BCUT2D eigenvalue weighted by Crippen LogP contribution is 2.38. The topological polar surface area (TPSA) is 15.6 Å². The quantitative estimate of drug-likeness (QED) is 0.710. The zero-order chi connectivity index (χ0) is 15.7. The van der Waals surface area contributed by atoms with Crippen LogP contribution in [-0.2, 0) is 0 Å². The van der Waals surface area contributed by atoms with Gasteiger partial charge in [-0.3, -0.25) is 0 Å². The van der Waals surface area contributed by atoms with Gasteiger partial charge in [-0.2, -0.15) is 5.10 Å². The van der Waals surface area contributed by atoms with Gasteiger partial charge >= 0.3 is 0 Å². The fourth-order valence-corrected chi connectivity index (χ4v) is 3.15. The van der Waals surface area contributed by atoms with Gasteiger partial charge in [0.25, 0.3) is 0 Å². The third kappa shape index (κ3) is 2.44. The number of halogens is 1. The lowest BCUT2D eigenvalue weighted by molar-refractivity contribution is 0.632. The first-order valence-corrected chi connectivity index (χ1v) is 8.09. The Morgan fingerprint density at radius 2 is 1.73 bits per heavy atom. The predicted molar refractivity (Wildman–Crippen MR) is 97.9 cm³/mol. The Kier molecular flexibility index (Phi) is 4.02. The molecule has 22 heavy (non-hydrogen) atoms. The van der Waals surface area contributed by atoms with E-state index in [0.717, 1.165) is 33.4 Å². The second kappa shape index (κ2) is 5.82. The maximum absolute atomic E-state index is 6.00. The molecular weight excluding hydrogens is 312 g/mol. The number of anilines is 1. The van der Waals surface area contributed by atoms with E-state index in [-0.39, 0.29) is 5.41 Å². The first kappa shape index (κ1) is 15.2. The third-order valence-electron chi connectivity index (χ3n) is 4.21. The van der Waals surface area contributed by atoms with Gasteiger partial charge in [-0.05, 0) is 43.2 Å². The van der Waals surface area contributed by atoms with Crippen LogP contribution in [0.3, 0.4) is 0 Å². The van der Waals surface area contributed by atoms with Crippen molar-refractivity contribution in [3.63, 3.8) is 0 Å². The van der Waals surface area contributed by atoms with Crippen LogP contribution in [0.5, 0.6) is 0 Å². The second-order valence-corrected chi connectivity index (χ2v) is 6.42. The molecule has 3 rings (SSSR count). The van der Waals surface area contributed by atoms with Crippen molar-refractivity contribution in [3.8, 4) is 0 Å². The molecule has 1 heterocycles. The van der Waals surface area contributed by atoms with E-state index in [1.165, 1.54) is 0 Å². The maximum Gasteiger partial charge on any atom is 0.117 e. The summed E-state index contributed by atoms with van der Waals surface area (Å²) in [6.07, 6.45) is 0.899. The van der Waals surface area contributed by atoms with Gasteiger partial charge in [0.2, 0.25) is 0 Å². The van der Waals surface area contributed by atoms with Crippen molar-refractivity contribution in [1.29, 1.82) is 0 Å². The summed E-state index contributed by atoms with van der Waals surface area (Å²) in [7, 11) is 0. The summed E-state index contributed by atoms with van der Waals surface area (Å²) in [5.41, 5.74) is 2.81. The van der Waals surface area contributed by atoms with Gasteiger partial charge in [-0.25, -0.2) is 5.01 Å². The lowest BCUT2D eigenvalue weighted by atomic mass is 9.80. The zero-order valence-electron chi connectivity index (χ0n) is 12.6. The number of hydrazone groups is 1. The molecule has 0 saturated carbocycles. The van der Waals surface area contributed by atoms with Crippen LogP contribution in [0, 0.1) is 5.41 Å². The van der Waals surface area contributed by atoms with Crippen molar-refractivity contribution in [2.24, 2.45) is 10.5 Å². The second-order valence-electron chi connectivity index (χ2n) is 5.59. The molecule has 0 amide bonds. The Labute approximate surface area is 141 Å². The number of hydrogen-bond donors (Lipinski definition) is 0. The largest absolute Gasteiger partial charge is 0.226 e. The van der Waals surface area contributed by atoms with E-state index in [4.69, 9.17) is 28.9 Å². The highest BCUT2D eigenvalue weighted by Gasteiger charge is 2.43. The summed E-state index contributed by atoms with van der Waals surface area (Å²) in [5.74, 6) is 0. The van der Waals surface area contributed by atoms with Crippen LogP contribution in [0.1, 0.15) is 25.8 Å². The average molecular weight is 329 g/mol. The lowest BCUT2D eigenvalue weighted by Gasteiger charge is -2.26. The summed E-state index contributed by atoms with van der Waals surface area (Å²) in [5, 5.41) is 7.43. The molecule has 0 N–H and O–H groups in total. The SMILES string of the molecule is CCC1(C)C(=S)N(c2ccccc2)N=C1c1ccc(Cl)cc1. The minimum Gasteiger partial charge on any atom is -0.226 e. The van der Waals surface area contributed by atoms with Crippen LogP contribution in [0.2, 0.25) is 5.02 Å². The van der Waals surface area contributed by atoms with E-state index in [2.05, 4.69) is 13.8 Å². The summed E-state index contributed by atoms with van der Waals surface area (Å²) in [6.45, 7) is 4.30. The van der Waals surface area contributed by atoms with E-state index >= 15 is 0 Å². The molecule has 1 atom stereocenters. The Bertz CT molecular complexity index is 725. The van der Waals surface area contributed by atoms with E-state index in [1.54, 1.807) is 0 Å². The molecule has 112 valence electrons. The van der Waals surface area contributed by atoms with Gasteiger partial charge in [0.05, 0.1) is 16.8 Å². The van der Waals surface area contributed by atoms with Gasteiger partial charge in [-0.15, -0.1) is 0 Å². The Morgan fingerprint density at radius 3 is 2.32 bits per heavy atom. The van der Waals surface area contributed by atoms with Crippen molar-refractivity contribution in [2.45, 2.75) is 20.3 Å². The van der Waals surface area contributed by atoms with Crippen LogP contribution in [0.25, 0.3) is 0 Å². The van der Waals surface area contributed by atoms with Crippen LogP contribution in [0.15, 0.2) is 59.7 Å². The van der Waals surface area contributed by atoms with Crippen molar-refractivity contribution >= 4 is 40.2 Å². The molecule has 0 bridgehead atoms. The minimum absolute atomic E-state index is 0.251. The molecule has 0 radical (unpaired) electrons. The molecule has 0 aliphatic carbocycles. The molecule has 2 nitrogen and oxygen atoms in total. The number of benzene rings is 2. The molecule has 0 aromatic heterocycles. The predicted octanol–water partition coefficient (Wildman–Crippen LogP) is 5.31. The summed E-state index contributed by atoms with van der Waals surface area (Å²) >= 11 is 11.7. The molecule has 2 aromatic rings. The van der Waals surface area contributed by atoms with E-state index in [0.29, 0.717) is 0 Å². The van der Waals surface area contributed by atoms with Crippen LogP contribution < -0.4 is 5.01 Å². The maximum atomic E-state index is 6.00. The molecule has 1 aliphatic heterocycles. The fourth-order valence-electron chi connectivity index (χ4n) is 2.64. The molecule has 1 unspecified atom stereocenters. The Hall–Kier alpha value is -1.71. The normalized spacial score (nSPS) is 21.1. The highest BCUT2D eigenvalue weighted by atomic mass is 35.5. The highest BCUT2D eigenvalue weighted by molar-refractivity contribution is 7.80. The summed E-state index contributed by atoms with van der Waals surface area (Å²) < 4.78 is 0. The first-order valence-electron chi connectivity index (χ1n) is 7.31. The molecule has 2 aromatic carbocycles. The van der Waals surface area contributed by atoms with Crippen LogP contribution >= 0.6 is 23.8 Å². The zero-order valence-corrected chi connectivity index (χ0v) is 14.2. The Morgan fingerprint density at radius 1 is 1.09 bits per heavy atom. The average Bonchev–Trinajstić information content (AvgIpc) is 2.82. The first-order chi connectivity index (χ1) is 10.6. The number of para-hydroxylation sites is 1. The van der Waals surface area contributed by atoms with Gasteiger partial charge in [0.15, 0.2) is 0 Å². The van der Waals surface area contributed by atoms with Gasteiger partial charge in [-0.1, -0.05) is 61.1 Å². The van der Waals surface area contributed by atoms with Gasteiger partial charge < -0.3 is 0 Å². The molecule has 0 spiro atoms. The number of nitrogens with zero attached hydrogens (tertiary/aromatic N) is 2. The standard InChI is InChI=1S/C18H17ClN2S/c1-3-18(2)16(13-9-11-14(19)12-10-13)20-21(17(18)22)15-7-5-4-6-8-15/h4-12H,3H2,1-2H3. The Balaban J connectivity index is 2.09. The van der Waals surface area contributed by atoms with Crippen molar-refractivity contribution in [1.82, 2.24) is 0 Å². The molecule has 0 fully saturated rings. The lowest BCUT2D eigenvalue weighted by Crippen LogP contribution is -2.35. The molecule has 1 aliphatic rings. The molecule has 4 heteroatoms. The summed E-state index contributed by atoms with van der Waals surface area (Å²) in [6, 6.07) is 17.8. The van der Waals surface area contributed by atoms with Crippen molar-refractivity contribution in [3.05, 3.63) is 65.2 Å². The number of rotatable bonds is 3. The van der Waals surface area contributed by atoms with Gasteiger partial charge in [0, 0.05) is 5.02 Å². The molecule has 0 saturated heterocycles. The number of hydrogen-bond acceptors (Lipinski definition) is 2. The van der Waals surface area contributed by atoms with Crippen LogP contribution in [0.4, 0.5) is 5.69 Å². The van der Waals surface area contributed by atoms with E-state index in [1.807, 2.05) is 59.6 Å². The third-order valence-corrected chi connectivity index (χ3v) is 5.09. The van der Waals surface area contributed by atoms with E-state index < -0.39 is 0 Å². The van der Waals surface area contributed by atoms with E-state index in [9.17, 15) is 0 Å². The minimum atomic E-state index is -0.251. The van der Waals surface area contributed by atoms with Crippen molar-refractivity contribution in [2.75, 3.05) is 5.01 Å². The monoisotopic (exact) mass is 328 g/mol. The molecular formula is C18H17ClN2S. The summed E-state index contributed by atoms with van der Waals surface area (Å²) in [4.78, 5) is 0.839. The smallest absolute Gasteiger partial charge is 0.117 e. The van der Waals surface area contributed by atoms with Gasteiger partial charge in [0.1, 0.15) is 4.99 Å².